The van der Waals surface area contributed by atoms with Crippen LogP contribution in [0.1, 0.15) is 40.6 Å². The van der Waals surface area contributed by atoms with Gasteiger partial charge in [-0.3, -0.25) is 9.78 Å². The minimum absolute atomic E-state index is 0.0133. The third kappa shape index (κ3) is 2.15. The Kier molecular flexibility index (Phi) is 3.18. The number of anilines is 1. The Hall–Kier alpha value is -2.30. The van der Waals surface area contributed by atoms with E-state index in [1.165, 1.54) is 0 Å². The molecule has 2 aromatic rings. The van der Waals surface area contributed by atoms with E-state index in [1.807, 2.05) is 30.2 Å². The molecule has 0 bridgehead atoms. The van der Waals surface area contributed by atoms with E-state index in [0.29, 0.717) is 11.3 Å². The van der Waals surface area contributed by atoms with Crippen LogP contribution in [0.25, 0.3) is 0 Å². The first-order chi connectivity index (χ1) is 9.66. The summed E-state index contributed by atoms with van der Waals surface area (Å²) in [6.07, 6.45) is 5.48. The van der Waals surface area contributed by atoms with Crippen LogP contribution in [0.2, 0.25) is 0 Å². The summed E-state index contributed by atoms with van der Waals surface area (Å²) < 4.78 is 0. The number of nitrogens with two attached hydrogens (primary N) is 1. The fourth-order valence-electron chi connectivity index (χ4n) is 2.81. The molecule has 1 aliphatic heterocycles. The van der Waals surface area contributed by atoms with Crippen molar-refractivity contribution in [2.75, 3.05) is 12.3 Å². The number of hydrogen-bond donors (Lipinski definition) is 2. The van der Waals surface area contributed by atoms with E-state index in [9.17, 15) is 4.79 Å². The van der Waals surface area contributed by atoms with E-state index in [4.69, 9.17) is 5.73 Å². The number of carbonyl (C=O) groups is 1. The first kappa shape index (κ1) is 12.7. The maximum Gasteiger partial charge on any atom is 0.256 e. The summed E-state index contributed by atoms with van der Waals surface area (Å²) in [6, 6.07) is 5.83. The van der Waals surface area contributed by atoms with Crippen LogP contribution in [0.15, 0.2) is 30.6 Å². The summed E-state index contributed by atoms with van der Waals surface area (Å²) in [5.74, 6) is 0.0133. The predicted octanol–water partition coefficient (Wildman–Crippen LogP) is 2.28. The smallest absolute Gasteiger partial charge is 0.256 e. The number of amides is 1. The number of aryl methyl sites for hydroxylation is 1. The zero-order valence-corrected chi connectivity index (χ0v) is 11.5. The number of pyridine rings is 1. The molecular weight excluding hydrogens is 252 g/mol. The summed E-state index contributed by atoms with van der Waals surface area (Å²) in [7, 11) is 0. The number of aromatic amines is 1. The molecule has 3 N–H and O–H groups in total. The maximum atomic E-state index is 12.7. The van der Waals surface area contributed by atoms with Gasteiger partial charge < -0.3 is 15.6 Å². The number of aromatic nitrogens is 2. The van der Waals surface area contributed by atoms with Crippen LogP contribution < -0.4 is 5.73 Å². The lowest BCUT2D eigenvalue weighted by atomic mass is 10.1. The second kappa shape index (κ2) is 5.00. The van der Waals surface area contributed by atoms with Gasteiger partial charge in [0.1, 0.15) is 0 Å². The molecule has 0 spiro atoms. The molecule has 3 heterocycles. The molecule has 0 radical (unpaired) electrons. The van der Waals surface area contributed by atoms with Gasteiger partial charge >= 0.3 is 0 Å². The molecule has 1 saturated heterocycles. The number of rotatable bonds is 2. The Morgan fingerprint density at radius 3 is 3.15 bits per heavy atom. The average Bonchev–Trinajstić information content (AvgIpc) is 3.10. The van der Waals surface area contributed by atoms with Crippen molar-refractivity contribution < 1.29 is 4.79 Å². The second-order valence-electron chi connectivity index (χ2n) is 5.18. The van der Waals surface area contributed by atoms with Crippen molar-refractivity contribution >= 4 is 11.6 Å². The number of carbonyl (C=O) groups excluding carboxylic acids is 1. The van der Waals surface area contributed by atoms with Gasteiger partial charge in [-0.25, -0.2) is 0 Å². The number of nitrogens with one attached hydrogen (secondary N) is 1. The molecule has 1 fully saturated rings. The lowest BCUT2D eigenvalue weighted by Gasteiger charge is -2.24. The summed E-state index contributed by atoms with van der Waals surface area (Å²) in [5, 5.41) is 0. The SMILES string of the molecule is Cc1ncc(N)cc1C(=O)N1CCCC1c1ccc[nH]1. The van der Waals surface area contributed by atoms with Gasteiger partial charge in [-0.2, -0.15) is 0 Å². The van der Waals surface area contributed by atoms with E-state index in [-0.39, 0.29) is 11.9 Å². The van der Waals surface area contributed by atoms with Crippen LogP contribution in [0.3, 0.4) is 0 Å². The molecule has 3 rings (SSSR count). The molecule has 20 heavy (non-hydrogen) atoms. The molecule has 5 heteroatoms. The van der Waals surface area contributed by atoms with E-state index >= 15 is 0 Å². The summed E-state index contributed by atoms with van der Waals surface area (Å²) >= 11 is 0. The molecule has 1 atom stereocenters. The number of nitrogens with zero attached hydrogens (tertiary/aromatic N) is 2. The molecule has 5 nitrogen and oxygen atoms in total. The average molecular weight is 270 g/mol. The largest absolute Gasteiger partial charge is 0.397 e. The highest BCUT2D eigenvalue weighted by molar-refractivity contribution is 5.96. The van der Waals surface area contributed by atoms with E-state index in [1.54, 1.807) is 12.3 Å². The fraction of sp³-hybridized carbons (Fsp3) is 0.333. The van der Waals surface area contributed by atoms with Gasteiger partial charge in [0.2, 0.25) is 0 Å². The van der Waals surface area contributed by atoms with Gasteiger partial charge in [0, 0.05) is 18.4 Å². The minimum Gasteiger partial charge on any atom is -0.397 e. The fourth-order valence-corrected chi connectivity index (χ4v) is 2.81. The zero-order valence-electron chi connectivity index (χ0n) is 11.5. The van der Waals surface area contributed by atoms with Crippen molar-refractivity contribution in [1.29, 1.82) is 0 Å². The van der Waals surface area contributed by atoms with Crippen LogP contribution in [0.4, 0.5) is 5.69 Å². The summed E-state index contributed by atoms with van der Waals surface area (Å²) in [5.41, 5.74) is 8.69. The van der Waals surface area contributed by atoms with Gasteiger partial charge in [-0.05, 0) is 38.0 Å². The van der Waals surface area contributed by atoms with Gasteiger partial charge in [0.25, 0.3) is 5.91 Å². The van der Waals surface area contributed by atoms with Crippen molar-refractivity contribution in [1.82, 2.24) is 14.9 Å². The normalized spacial score (nSPS) is 18.4. The van der Waals surface area contributed by atoms with E-state index in [2.05, 4.69) is 9.97 Å². The number of nitrogen functional groups attached to an aromatic ring is 1. The molecule has 0 saturated carbocycles. The molecule has 0 aromatic carbocycles. The first-order valence-corrected chi connectivity index (χ1v) is 6.83. The van der Waals surface area contributed by atoms with Crippen LogP contribution >= 0.6 is 0 Å². The molecular formula is C15H18N4O. The summed E-state index contributed by atoms with van der Waals surface area (Å²) in [6.45, 7) is 2.61. The van der Waals surface area contributed by atoms with Crippen molar-refractivity contribution in [3.63, 3.8) is 0 Å². The maximum absolute atomic E-state index is 12.7. The molecule has 1 aliphatic rings. The lowest BCUT2D eigenvalue weighted by Crippen LogP contribution is -2.31. The van der Waals surface area contributed by atoms with Crippen molar-refractivity contribution in [2.45, 2.75) is 25.8 Å². The monoisotopic (exact) mass is 270 g/mol. The molecule has 2 aromatic heterocycles. The highest BCUT2D eigenvalue weighted by Gasteiger charge is 2.31. The Balaban J connectivity index is 1.91. The van der Waals surface area contributed by atoms with Gasteiger partial charge in [0.05, 0.1) is 29.2 Å². The number of H-pyrrole nitrogens is 1. The highest BCUT2D eigenvalue weighted by atomic mass is 16.2. The Labute approximate surface area is 117 Å². The van der Waals surface area contributed by atoms with Crippen LogP contribution in [-0.2, 0) is 0 Å². The molecule has 1 unspecified atom stereocenters. The quantitative estimate of drug-likeness (QED) is 0.879. The van der Waals surface area contributed by atoms with Crippen LogP contribution in [-0.4, -0.2) is 27.3 Å². The standard InChI is InChI=1S/C15H18N4O/c1-10-12(8-11(16)9-18-10)15(20)19-7-3-5-14(19)13-4-2-6-17-13/h2,4,6,8-9,14,17H,3,5,7,16H2,1H3. The predicted molar refractivity (Wildman–Crippen MR) is 77.2 cm³/mol. The van der Waals surface area contributed by atoms with Crippen molar-refractivity contribution in [2.24, 2.45) is 0 Å². The van der Waals surface area contributed by atoms with E-state index in [0.717, 1.165) is 30.8 Å². The molecule has 1 amide bonds. The van der Waals surface area contributed by atoms with Gasteiger partial charge in [-0.15, -0.1) is 0 Å². The Morgan fingerprint density at radius 2 is 2.40 bits per heavy atom. The number of hydrogen-bond acceptors (Lipinski definition) is 3. The first-order valence-electron chi connectivity index (χ1n) is 6.83. The molecule has 104 valence electrons. The Bertz CT molecular complexity index is 621. The number of likely N-dealkylation sites (tertiary alicyclic amines) is 1. The highest BCUT2D eigenvalue weighted by Crippen LogP contribution is 2.32. The van der Waals surface area contributed by atoms with Crippen molar-refractivity contribution in [3.05, 3.63) is 47.5 Å². The second-order valence-corrected chi connectivity index (χ2v) is 5.18. The lowest BCUT2D eigenvalue weighted by molar-refractivity contribution is 0.0732. The van der Waals surface area contributed by atoms with Crippen molar-refractivity contribution in [3.8, 4) is 0 Å². The van der Waals surface area contributed by atoms with E-state index < -0.39 is 0 Å². The minimum atomic E-state index is 0.0133. The third-order valence-corrected chi connectivity index (χ3v) is 3.83. The summed E-state index contributed by atoms with van der Waals surface area (Å²) in [4.78, 5) is 22.0. The molecule has 0 aliphatic carbocycles. The third-order valence-electron chi connectivity index (χ3n) is 3.83. The van der Waals surface area contributed by atoms with Gasteiger partial charge in [-0.1, -0.05) is 0 Å². The topological polar surface area (TPSA) is 75.0 Å². The zero-order chi connectivity index (χ0) is 14.1. The van der Waals surface area contributed by atoms with Crippen LogP contribution in [0.5, 0.6) is 0 Å². The van der Waals surface area contributed by atoms with Crippen LogP contribution in [0, 0.1) is 6.92 Å². The Morgan fingerprint density at radius 1 is 1.55 bits per heavy atom. The van der Waals surface area contributed by atoms with Gasteiger partial charge in [0.15, 0.2) is 0 Å².